The number of hydrogen-bond acceptors (Lipinski definition) is 6. The van der Waals surface area contributed by atoms with Gasteiger partial charge in [0.25, 0.3) is 5.91 Å². The Morgan fingerprint density at radius 1 is 0.915 bits per heavy atom. The maximum absolute atomic E-state index is 13.9. The number of rotatable bonds is 10. The zero-order valence-electron chi connectivity index (χ0n) is 24.2. The summed E-state index contributed by atoms with van der Waals surface area (Å²) in [6.45, 7) is 0.00491. The van der Waals surface area contributed by atoms with E-state index >= 15 is 0 Å². The highest BCUT2D eigenvalue weighted by Gasteiger charge is 2.47. The molecule has 0 unspecified atom stereocenters. The van der Waals surface area contributed by atoms with Crippen molar-refractivity contribution in [3.63, 3.8) is 0 Å². The zero-order chi connectivity index (χ0) is 33.9. The van der Waals surface area contributed by atoms with Crippen molar-refractivity contribution < 1.29 is 27.9 Å². The van der Waals surface area contributed by atoms with Crippen LogP contribution in [0.4, 0.5) is 5.69 Å². The van der Waals surface area contributed by atoms with Crippen LogP contribution >= 0.6 is 46.4 Å². The fourth-order valence-corrected chi connectivity index (χ4v) is 8.35. The van der Waals surface area contributed by atoms with Gasteiger partial charge in [0.1, 0.15) is 12.1 Å². The predicted molar refractivity (Wildman–Crippen MR) is 180 cm³/mol. The first-order valence-electron chi connectivity index (χ1n) is 14.1. The van der Waals surface area contributed by atoms with Crippen molar-refractivity contribution in [3.05, 3.63) is 122 Å². The topological polar surface area (TPSA) is 146 Å². The van der Waals surface area contributed by atoms with E-state index in [4.69, 9.17) is 46.4 Å². The molecule has 2 amide bonds. The average Bonchev–Trinajstić information content (AvgIpc) is 3.48. The van der Waals surface area contributed by atoms with Gasteiger partial charge in [-0.15, -0.1) is 0 Å². The van der Waals surface area contributed by atoms with E-state index in [1.807, 2.05) is 0 Å². The minimum atomic E-state index is -4.27. The van der Waals surface area contributed by atoms with Crippen LogP contribution in [0.3, 0.4) is 0 Å². The maximum Gasteiger partial charge on any atom is 0.326 e. The number of carbonyl (C=O) groups excluding carboxylic acids is 2. The molecule has 10 nitrogen and oxygen atoms in total. The highest BCUT2D eigenvalue weighted by molar-refractivity contribution is 7.89. The number of aliphatic carboxylic acids is 1. The summed E-state index contributed by atoms with van der Waals surface area (Å²) >= 11 is 24.3. The molecule has 0 radical (unpaired) electrons. The largest absolute Gasteiger partial charge is 0.480 e. The Kier molecular flexibility index (Phi) is 10.7. The second kappa shape index (κ2) is 14.6. The third-order valence-corrected chi connectivity index (χ3v) is 10.5. The summed E-state index contributed by atoms with van der Waals surface area (Å²) in [6, 6.07) is 16.5. The summed E-state index contributed by atoms with van der Waals surface area (Å²) in [5.74, 6) is -3.20. The van der Waals surface area contributed by atoms with Gasteiger partial charge < -0.3 is 15.7 Å². The normalized spacial score (nSPS) is 17.2. The molecule has 3 aromatic carbocycles. The Morgan fingerprint density at radius 2 is 1.53 bits per heavy atom. The second-order valence-corrected chi connectivity index (χ2v) is 14.3. The van der Waals surface area contributed by atoms with E-state index in [1.54, 1.807) is 54.6 Å². The molecule has 0 aliphatic carbocycles. The number of benzene rings is 3. The van der Waals surface area contributed by atoms with Crippen LogP contribution in [0.15, 0.2) is 90.1 Å². The number of carboxylic acid groups (broad SMARTS) is 1. The Bertz CT molecular complexity index is 1890. The van der Waals surface area contributed by atoms with Crippen LogP contribution in [-0.4, -0.2) is 59.2 Å². The summed E-state index contributed by atoms with van der Waals surface area (Å²) in [4.78, 5) is 42.6. The van der Waals surface area contributed by atoms with E-state index in [0.717, 1.165) is 9.87 Å². The summed E-state index contributed by atoms with van der Waals surface area (Å²) in [6.07, 6.45) is 2.77. The maximum atomic E-state index is 13.9. The molecular weight excluding hydrogens is 710 g/mol. The second-order valence-electron chi connectivity index (χ2n) is 10.7. The van der Waals surface area contributed by atoms with Crippen molar-refractivity contribution in [3.8, 4) is 0 Å². The van der Waals surface area contributed by atoms with E-state index in [2.05, 4.69) is 15.6 Å². The highest BCUT2D eigenvalue weighted by atomic mass is 35.5. The van der Waals surface area contributed by atoms with Crippen molar-refractivity contribution in [1.82, 2.24) is 14.6 Å². The first-order valence-corrected chi connectivity index (χ1v) is 17.1. The number of halogens is 4. The highest BCUT2D eigenvalue weighted by Crippen LogP contribution is 2.38. The summed E-state index contributed by atoms with van der Waals surface area (Å²) in [5.41, 5.74) is 1.70. The first kappa shape index (κ1) is 34.6. The molecule has 15 heteroatoms. The van der Waals surface area contributed by atoms with Gasteiger partial charge in [0.15, 0.2) is 0 Å². The summed E-state index contributed by atoms with van der Waals surface area (Å²) in [5, 5.41) is 15.7. The molecule has 0 bridgehead atoms. The Morgan fingerprint density at radius 3 is 2.13 bits per heavy atom. The van der Waals surface area contributed by atoms with Gasteiger partial charge in [-0.2, -0.15) is 4.31 Å². The first-order chi connectivity index (χ1) is 22.3. The molecule has 4 aromatic rings. The molecule has 1 saturated heterocycles. The molecule has 3 N–H and O–H groups in total. The lowest BCUT2D eigenvalue weighted by Gasteiger charge is -2.28. The number of nitrogens with zero attached hydrogens (tertiary/aromatic N) is 2. The van der Waals surface area contributed by atoms with Crippen LogP contribution in [0.25, 0.3) is 0 Å². The smallest absolute Gasteiger partial charge is 0.326 e. The lowest BCUT2D eigenvalue weighted by Crippen LogP contribution is -2.52. The van der Waals surface area contributed by atoms with Gasteiger partial charge in [0, 0.05) is 47.0 Å². The molecule has 1 aromatic heterocycles. The number of anilines is 1. The molecule has 5 rings (SSSR count). The molecule has 3 atom stereocenters. The minimum absolute atomic E-state index is 0.00491. The van der Waals surface area contributed by atoms with Crippen LogP contribution < -0.4 is 10.6 Å². The Balaban J connectivity index is 1.36. The number of pyridine rings is 1. The van der Waals surface area contributed by atoms with Gasteiger partial charge in [-0.1, -0.05) is 88.9 Å². The SMILES string of the molecule is O=C(Nc1ccc(C[C@H](NC(=O)[C@@H]2[C@@H](c3ccccc3)CCN2S(=O)(=O)c2cc(Cl)cc(Cl)c2)C(=O)O)cc1)c1c(Cl)cncc1Cl. The fourth-order valence-electron chi connectivity index (χ4n) is 5.45. The third kappa shape index (κ3) is 7.89. The standard InChI is InChI=1S/C32H26Cl4N4O6S/c33-20-13-21(34)15-23(14-20)47(45,46)40-11-10-24(19-4-2-1-3-5-19)29(40)31(42)39-27(32(43)44)12-18-6-8-22(9-7-18)38-30(41)28-25(35)16-37-17-26(28)36/h1-9,13-17,24,27,29H,10-12H2,(H,38,41)(H,39,42)(H,43,44)/t24-,27+,29+/m1/s1. The number of aromatic nitrogens is 1. The van der Waals surface area contributed by atoms with Gasteiger partial charge in [0.05, 0.1) is 20.5 Å². The number of amides is 2. The molecular formula is C32H26Cl4N4O6S. The number of sulfonamides is 1. The van der Waals surface area contributed by atoms with Crippen LogP contribution in [0, 0.1) is 0 Å². The number of carbonyl (C=O) groups is 3. The molecule has 1 fully saturated rings. The molecule has 1 aliphatic rings. The zero-order valence-corrected chi connectivity index (χ0v) is 28.1. The minimum Gasteiger partial charge on any atom is -0.480 e. The molecule has 0 spiro atoms. The molecule has 244 valence electrons. The Hall–Kier alpha value is -3.71. The third-order valence-electron chi connectivity index (χ3n) is 7.64. The molecule has 1 aliphatic heterocycles. The van der Waals surface area contributed by atoms with E-state index in [0.29, 0.717) is 17.7 Å². The molecule has 2 heterocycles. The molecule has 47 heavy (non-hydrogen) atoms. The lowest BCUT2D eigenvalue weighted by atomic mass is 9.91. The molecule has 0 saturated carbocycles. The van der Waals surface area contributed by atoms with E-state index in [1.165, 1.54) is 30.6 Å². The number of nitrogens with one attached hydrogen (secondary N) is 2. The monoisotopic (exact) mass is 734 g/mol. The van der Waals surface area contributed by atoms with Gasteiger partial charge in [-0.25, -0.2) is 13.2 Å². The van der Waals surface area contributed by atoms with Crippen molar-refractivity contribution >= 4 is 79.9 Å². The van der Waals surface area contributed by atoms with Crippen molar-refractivity contribution in [2.75, 3.05) is 11.9 Å². The van der Waals surface area contributed by atoms with Crippen molar-refractivity contribution in [1.29, 1.82) is 0 Å². The van der Waals surface area contributed by atoms with Crippen molar-refractivity contribution in [2.45, 2.75) is 35.7 Å². The number of hydrogen-bond donors (Lipinski definition) is 3. The van der Waals surface area contributed by atoms with E-state index < -0.39 is 45.8 Å². The van der Waals surface area contributed by atoms with Crippen molar-refractivity contribution in [2.24, 2.45) is 0 Å². The van der Waals surface area contributed by atoms with Gasteiger partial charge >= 0.3 is 5.97 Å². The van der Waals surface area contributed by atoms with Gasteiger partial charge in [0.2, 0.25) is 15.9 Å². The Labute approximate surface area is 290 Å². The van der Waals surface area contributed by atoms with Crippen LogP contribution in [0.2, 0.25) is 20.1 Å². The summed E-state index contributed by atoms with van der Waals surface area (Å²) < 4.78 is 28.8. The van der Waals surface area contributed by atoms with Crippen LogP contribution in [-0.2, 0) is 26.0 Å². The van der Waals surface area contributed by atoms with E-state index in [-0.39, 0.29) is 43.5 Å². The average molecular weight is 736 g/mol. The fraction of sp³-hybridized carbons (Fsp3) is 0.188. The summed E-state index contributed by atoms with van der Waals surface area (Å²) in [7, 11) is -4.27. The predicted octanol–water partition coefficient (Wildman–Crippen LogP) is 6.31. The van der Waals surface area contributed by atoms with Crippen LogP contribution in [0.5, 0.6) is 0 Å². The van der Waals surface area contributed by atoms with E-state index in [9.17, 15) is 27.9 Å². The number of carboxylic acids is 1. The van der Waals surface area contributed by atoms with Gasteiger partial charge in [-0.3, -0.25) is 14.6 Å². The van der Waals surface area contributed by atoms with Crippen LogP contribution in [0.1, 0.15) is 33.8 Å². The quantitative estimate of drug-likeness (QED) is 0.173. The van der Waals surface area contributed by atoms with Gasteiger partial charge in [-0.05, 0) is 47.9 Å². The lowest BCUT2D eigenvalue weighted by molar-refractivity contribution is -0.142.